The highest BCUT2D eigenvalue weighted by molar-refractivity contribution is 14.1. The third-order valence-corrected chi connectivity index (χ3v) is 7.22. The quantitative estimate of drug-likeness (QED) is 0.0747. The molecule has 1 aromatic carbocycles. The monoisotopic (exact) mass is 750 g/mol. The molecule has 0 bridgehead atoms. The largest absolute Gasteiger partial charge is 0.492 e. The molecule has 208 valence electrons. The molecule has 11 heteroatoms. The van der Waals surface area contributed by atoms with Crippen LogP contribution in [0.15, 0.2) is 24.3 Å². The number of hydrogen-bond donors (Lipinski definition) is 1. The number of rotatable bonds is 17. The molecule has 0 heterocycles. The predicted molar refractivity (Wildman–Crippen MR) is 146 cm³/mol. The number of halogens is 8. The number of hydrogen-bond acceptors (Lipinski definition) is 3. The van der Waals surface area contributed by atoms with Crippen LogP contribution in [0.2, 0.25) is 0 Å². The van der Waals surface area contributed by atoms with Gasteiger partial charge in [0.1, 0.15) is 11.5 Å². The highest BCUT2D eigenvalue weighted by Gasteiger charge is 2.69. The molecule has 0 fully saturated rings. The van der Waals surface area contributed by atoms with Gasteiger partial charge in [-0.05, 0) is 76.6 Å². The van der Waals surface area contributed by atoms with Gasteiger partial charge in [0.15, 0.2) is 0 Å². The third-order valence-electron chi connectivity index (χ3n) is 5.53. The molecule has 0 aromatic heterocycles. The van der Waals surface area contributed by atoms with Gasteiger partial charge in [0, 0.05) is 6.42 Å². The lowest BCUT2D eigenvalue weighted by Crippen LogP contribution is -2.56. The fraction of sp³-hybridized carbons (Fsp3) is 0.680. The standard InChI is InChI=1S/C25H34F6I2O3/c1-2-3-4-5-6-7-9-12-15-35-21-17-20(33)22(18-19(21)32)36-16-13-10-8-11-14-23(34,24(26,27)28)25(29,30)31/h8,11,17-18,34H,2-7,9-10,12-16H2,1H3/b11-8+. The molecular formula is C25H34F6I2O3. The maximum atomic E-state index is 12.6. The van der Waals surface area contributed by atoms with Crippen molar-refractivity contribution in [1.29, 1.82) is 0 Å². The first-order chi connectivity index (χ1) is 16.8. The molecule has 0 saturated carbocycles. The second-order valence-electron chi connectivity index (χ2n) is 8.56. The van der Waals surface area contributed by atoms with E-state index in [0.29, 0.717) is 24.9 Å². The van der Waals surface area contributed by atoms with E-state index in [0.717, 1.165) is 25.7 Å². The van der Waals surface area contributed by atoms with E-state index in [-0.39, 0.29) is 13.0 Å². The summed E-state index contributed by atoms with van der Waals surface area (Å²) in [6.45, 7) is 3.09. The van der Waals surface area contributed by atoms with Crippen molar-refractivity contribution in [2.75, 3.05) is 13.2 Å². The first-order valence-corrected chi connectivity index (χ1v) is 14.2. The molecule has 0 aliphatic heterocycles. The Balaban J connectivity index is 2.38. The molecule has 1 N–H and O–H groups in total. The highest BCUT2D eigenvalue weighted by Crippen LogP contribution is 2.45. The molecule has 0 saturated heterocycles. The number of allylic oxidation sites excluding steroid dienone is 1. The Morgan fingerprint density at radius 2 is 1.17 bits per heavy atom. The highest BCUT2D eigenvalue weighted by atomic mass is 127. The lowest BCUT2D eigenvalue weighted by atomic mass is 9.98. The molecule has 0 spiro atoms. The number of benzene rings is 1. The van der Waals surface area contributed by atoms with Crippen molar-refractivity contribution in [2.45, 2.75) is 95.5 Å². The van der Waals surface area contributed by atoms with E-state index in [1.807, 2.05) is 12.1 Å². The van der Waals surface area contributed by atoms with Crippen LogP contribution in [0.1, 0.15) is 77.6 Å². The van der Waals surface area contributed by atoms with E-state index in [1.165, 1.54) is 44.6 Å². The topological polar surface area (TPSA) is 38.7 Å². The molecule has 1 aromatic rings. The molecule has 0 aliphatic carbocycles. The van der Waals surface area contributed by atoms with Crippen molar-refractivity contribution in [3.8, 4) is 11.5 Å². The van der Waals surface area contributed by atoms with Crippen LogP contribution in [-0.4, -0.2) is 36.3 Å². The van der Waals surface area contributed by atoms with Crippen molar-refractivity contribution in [3.63, 3.8) is 0 Å². The van der Waals surface area contributed by atoms with Gasteiger partial charge in [0.2, 0.25) is 0 Å². The van der Waals surface area contributed by atoms with Crippen molar-refractivity contribution >= 4 is 45.2 Å². The summed E-state index contributed by atoms with van der Waals surface area (Å²) in [5, 5.41) is 9.11. The Morgan fingerprint density at radius 1 is 0.722 bits per heavy atom. The lowest BCUT2D eigenvalue weighted by Gasteiger charge is -2.31. The average molecular weight is 750 g/mol. The zero-order chi connectivity index (χ0) is 27.2. The van der Waals surface area contributed by atoms with Gasteiger partial charge >= 0.3 is 12.4 Å². The average Bonchev–Trinajstić information content (AvgIpc) is 2.78. The summed E-state index contributed by atoms with van der Waals surface area (Å²) in [6.07, 6.45) is -0.952. The molecule has 0 amide bonds. The summed E-state index contributed by atoms with van der Waals surface area (Å²) < 4.78 is 89.2. The summed E-state index contributed by atoms with van der Waals surface area (Å²) in [5.41, 5.74) is -4.75. The van der Waals surface area contributed by atoms with Crippen LogP contribution in [0.5, 0.6) is 11.5 Å². The van der Waals surface area contributed by atoms with Crippen LogP contribution in [0.25, 0.3) is 0 Å². The predicted octanol–water partition coefficient (Wildman–Crippen LogP) is 9.38. The SMILES string of the molecule is CCCCCCCCCCOc1cc(I)c(OCCC/C=C/CC(O)(C(F)(F)F)C(F)(F)F)cc1I. The van der Waals surface area contributed by atoms with Gasteiger partial charge in [-0.3, -0.25) is 0 Å². The lowest BCUT2D eigenvalue weighted by molar-refractivity contribution is -0.366. The van der Waals surface area contributed by atoms with Crippen LogP contribution in [-0.2, 0) is 0 Å². The Bertz CT molecular complexity index is 783. The van der Waals surface area contributed by atoms with Gasteiger partial charge < -0.3 is 14.6 Å². The minimum absolute atomic E-state index is 0.208. The zero-order valence-corrected chi connectivity index (χ0v) is 24.6. The van der Waals surface area contributed by atoms with Crippen LogP contribution in [0, 0.1) is 7.14 Å². The molecular weight excluding hydrogens is 716 g/mol. The van der Waals surface area contributed by atoms with Gasteiger partial charge in [-0.15, -0.1) is 0 Å². The van der Waals surface area contributed by atoms with Gasteiger partial charge in [-0.1, -0.05) is 64.0 Å². The minimum atomic E-state index is -5.81. The Kier molecular flexibility index (Phi) is 15.4. The number of unbranched alkanes of at least 4 members (excludes halogenated alkanes) is 8. The van der Waals surface area contributed by atoms with Crippen LogP contribution < -0.4 is 9.47 Å². The molecule has 0 atom stereocenters. The first kappa shape index (κ1) is 33.6. The van der Waals surface area contributed by atoms with E-state index in [1.54, 1.807) is 0 Å². The summed E-state index contributed by atoms with van der Waals surface area (Å²) in [6, 6.07) is 3.73. The minimum Gasteiger partial charge on any atom is -0.492 e. The molecule has 1 rings (SSSR count). The van der Waals surface area contributed by atoms with Crippen molar-refractivity contribution in [2.24, 2.45) is 0 Å². The third kappa shape index (κ3) is 11.5. The van der Waals surface area contributed by atoms with Gasteiger partial charge in [-0.2, -0.15) is 26.3 Å². The number of aliphatic hydroxyl groups is 1. The van der Waals surface area contributed by atoms with Crippen molar-refractivity contribution < 1.29 is 40.9 Å². The summed E-state index contributed by atoms with van der Waals surface area (Å²) >= 11 is 4.29. The maximum Gasteiger partial charge on any atom is 0.426 e. The Labute approximate surface area is 236 Å². The first-order valence-electron chi connectivity index (χ1n) is 12.1. The van der Waals surface area contributed by atoms with E-state index in [2.05, 4.69) is 52.1 Å². The van der Waals surface area contributed by atoms with Crippen molar-refractivity contribution in [1.82, 2.24) is 0 Å². The zero-order valence-electron chi connectivity index (χ0n) is 20.3. The second-order valence-corrected chi connectivity index (χ2v) is 10.9. The Hall–Kier alpha value is -0.440. The number of alkyl halides is 6. The van der Waals surface area contributed by atoms with Crippen LogP contribution in [0.4, 0.5) is 26.3 Å². The van der Waals surface area contributed by atoms with Crippen LogP contribution >= 0.6 is 45.2 Å². The molecule has 0 unspecified atom stereocenters. The van der Waals surface area contributed by atoms with E-state index >= 15 is 0 Å². The van der Waals surface area contributed by atoms with E-state index in [9.17, 15) is 26.3 Å². The molecule has 3 nitrogen and oxygen atoms in total. The fourth-order valence-electron chi connectivity index (χ4n) is 3.30. The summed E-state index contributed by atoms with van der Waals surface area (Å²) in [7, 11) is 0. The Morgan fingerprint density at radius 3 is 1.64 bits per heavy atom. The van der Waals surface area contributed by atoms with E-state index < -0.39 is 24.4 Å². The normalized spacial score (nSPS) is 12.9. The number of ether oxygens (including phenoxy) is 2. The summed E-state index contributed by atoms with van der Waals surface area (Å²) in [4.78, 5) is 0. The van der Waals surface area contributed by atoms with Gasteiger partial charge in [-0.25, -0.2) is 0 Å². The molecule has 0 radical (unpaired) electrons. The molecule has 36 heavy (non-hydrogen) atoms. The smallest absolute Gasteiger partial charge is 0.426 e. The molecule has 0 aliphatic rings. The van der Waals surface area contributed by atoms with Gasteiger partial charge in [0.05, 0.1) is 20.4 Å². The maximum absolute atomic E-state index is 12.6. The summed E-state index contributed by atoms with van der Waals surface area (Å²) in [5.74, 6) is 1.41. The van der Waals surface area contributed by atoms with Gasteiger partial charge in [0.25, 0.3) is 5.60 Å². The second kappa shape index (κ2) is 16.5. The fourth-order valence-corrected chi connectivity index (χ4v) is 4.49. The van der Waals surface area contributed by atoms with E-state index in [4.69, 9.17) is 14.6 Å². The van der Waals surface area contributed by atoms with Crippen molar-refractivity contribution in [3.05, 3.63) is 31.4 Å². The van der Waals surface area contributed by atoms with Crippen LogP contribution in [0.3, 0.4) is 0 Å².